The molecule has 9 aromatic rings. The maximum atomic E-state index is 13.9. The molecule has 0 radical (unpaired) electrons. The van der Waals surface area contributed by atoms with Crippen molar-refractivity contribution >= 4 is 97.8 Å². The lowest BCUT2D eigenvalue weighted by atomic mass is 10.1. The van der Waals surface area contributed by atoms with E-state index in [1.54, 1.807) is 48.9 Å². The number of benzene rings is 4. The third-order valence-corrected chi connectivity index (χ3v) is 15.4. The summed E-state index contributed by atoms with van der Waals surface area (Å²) in [6.45, 7) is 3.75. The monoisotopic (exact) mass is 867 g/mol. The largest absolute Gasteiger partial charge is 0.356 e. The quantitative estimate of drug-likeness (QED) is 0.161. The van der Waals surface area contributed by atoms with Gasteiger partial charge in [-0.1, -0.05) is 72.3 Å². The lowest BCUT2D eigenvalue weighted by Gasteiger charge is -2.28. The minimum Gasteiger partial charge on any atom is -0.356 e. The fourth-order valence-corrected chi connectivity index (χ4v) is 12.0. The Bertz CT molecular complexity index is 3350. The number of pyridine rings is 3. The number of para-hydroxylation sites is 3. The molecule has 4 aromatic carbocycles. The van der Waals surface area contributed by atoms with Gasteiger partial charge in [0.2, 0.25) is 0 Å². The van der Waals surface area contributed by atoms with Crippen LogP contribution in [0.15, 0.2) is 144 Å². The fourth-order valence-electron chi connectivity index (χ4n) is 8.83. The minimum atomic E-state index is -3.88. The summed E-state index contributed by atoms with van der Waals surface area (Å²) in [6.07, 6.45) is 11.8. The molecule has 61 heavy (non-hydrogen) atoms. The third kappa shape index (κ3) is 6.94. The summed E-state index contributed by atoms with van der Waals surface area (Å²) in [6, 6.07) is 34.5. The van der Waals surface area contributed by atoms with Gasteiger partial charge in [0.15, 0.2) is 0 Å². The van der Waals surface area contributed by atoms with E-state index in [1.807, 2.05) is 78.9 Å². The average molecular weight is 868 g/mol. The van der Waals surface area contributed by atoms with Crippen LogP contribution in [0, 0.1) is 0 Å². The number of halogens is 1. The van der Waals surface area contributed by atoms with Crippen LogP contribution in [0.4, 0.5) is 11.6 Å². The molecule has 5 aromatic heterocycles. The first-order valence-corrected chi connectivity index (χ1v) is 23.9. The highest BCUT2D eigenvalue weighted by Crippen LogP contribution is 2.38. The predicted molar refractivity (Wildman–Crippen MR) is 245 cm³/mol. The molecule has 14 heteroatoms. The van der Waals surface area contributed by atoms with E-state index in [9.17, 15) is 16.8 Å². The second kappa shape index (κ2) is 15.8. The van der Waals surface area contributed by atoms with Crippen molar-refractivity contribution in [2.24, 2.45) is 0 Å². The maximum absolute atomic E-state index is 13.9. The standard InChI is InChI=1S/C25H22N4O2S.C22H20ClN3O2S/c30-32(31,22-12-6-8-18-9-7-14-26-23(18)22)29-17-13-20-24(29)19-10-2-3-11-21(19)27-25(20)28-15-4-1-5-16-28;23-16-7-6-8-17(15-16)29(27,28)26-14-11-19-21(26)18-9-2-3-10-20(18)24-22(19)25-12-4-1-5-13-25/h2-3,6-14,17H,1,4-5,15-16H2;2-3,6-11,14-15H,1,4-5,12-13H2. The molecule has 11 nitrogen and oxygen atoms in total. The first-order chi connectivity index (χ1) is 29.7. The Balaban J connectivity index is 0.000000147. The highest BCUT2D eigenvalue weighted by atomic mass is 35.5. The molecule has 308 valence electrons. The molecule has 0 amide bonds. The molecule has 0 aliphatic carbocycles. The van der Waals surface area contributed by atoms with E-state index in [-0.39, 0.29) is 9.79 Å². The number of hydrogen-bond donors (Lipinski definition) is 0. The van der Waals surface area contributed by atoms with Crippen LogP contribution in [0.25, 0.3) is 54.5 Å². The molecule has 2 aliphatic rings. The number of hydrogen-bond acceptors (Lipinski definition) is 9. The minimum absolute atomic E-state index is 0.169. The van der Waals surface area contributed by atoms with Crippen LogP contribution in [0.3, 0.4) is 0 Å². The Morgan fingerprint density at radius 2 is 1.03 bits per heavy atom. The summed E-state index contributed by atoms with van der Waals surface area (Å²) in [5, 5.41) is 4.55. The lowest BCUT2D eigenvalue weighted by Crippen LogP contribution is -2.30. The zero-order valence-electron chi connectivity index (χ0n) is 33.2. The van der Waals surface area contributed by atoms with E-state index in [2.05, 4.69) is 14.8 Å². The zero-order valence-corrected chi connectivity index (χ0v) is 35.6. The van der Waals surface area contributed by atoms with Crippen molar-refractivity contribution in [1.29, 1.82) is 0 Å². The molecule has 11 rings (SSSR count). The topological polar surface area (TPSA) is 123 Å². The summed E-state index contributed by atoms with van der Waals surface area (Å²) in [7, 11) is -7.68. The second-order valence-electron chi connectivity index (χ2n) is 15.5. The molecule has 2 saturated heterocycles. The van der Waals surface area contributed by atoms with Crippen molar-refractivity contribution in [3.8, 4) is 0 Å². The fraction of sp³-hybridized carbons (Fsp3) is 0.213. The summed E-state index contributed by atoms with van der Waals surface area (Å²) >= 11 is 6.06. The van der Waals surface area contributed by atoms with Gasteiger partial charge < -0.3 is 9.80 Å². The highest BCUT2D eigenvalue weighted by molar-refractivity contribution is 7.90. The van der Waals surface area contributed by atoms with Crippen LogP contribution < -0.4 is 9.80 Å². The van der Waals surface area contributed by atoms with Crippen molar-refractivity contribution < 1.29 is 16.8 Å². The zero-order chi connectivity index (χ0) is 41.7. The lowest BCUT2D eigenvalue weighted by molar-refractivity contribution is 0.575. The first-order valence-electron chi connectivity index (χ1n) is 20.6. The van der Waals surface area contributed by atoms with Gasteiger partial charge in [-0.3, -0.25) is 4.98 Å². The molecule has 0 unspecified atom stereocenters. The Kier molecular flexibility index (Phi) is 10.1. The van der Waals surface area contributed by atoms with Crippen molar-refractivity contribution in [1.82, 2.24) is 22.9 Å². The second-order valence-corrected chi connectivity index (χ2v) is 19.6. The van der Waals surface area contributed by atoms with Gasteiger partial charge in [0.1, 0.15) is 16.5 Å². The third-order valence-electron chi connectivity index (χ3n) is 11.8. The number of nitrogens with zero attached hydrogens (tertiary/aromatic N) is 7. The molecule has 0 atom stereocenters. The summed E-state index contributed by atoms with van der Waals surface area (Å²) in [5.41, 5.74) is 3.40. The van der Waals surface area contributed by atoms with Gasteiger partial charge in [-0.25, -0.2) is 34.7 Å². The van der Waals surface area contributed by atoms with E-state index < -0.39 is 20.0 Å². The number of anilines is 2. The Hall–Kier alpha value is -6.02. The first kappa shape index (κ1) is 39.1. The Morgan fingerprint density at radius 3 is 1.61 bits per heavy atom. The van der Waals surface area contributed by atoms with Crippen molar-refractivity contribution in [2.45, 2.75) is 48.3 Å². The van der Waals surface area contributed by atoms with Crippen molar-refractivity contribution in [3.05, 3.63) is 139 Å². The van der Waals surface area contributed by atoms with Gasteiger partial charge in [0.25, 0.3) is 20.0 Å². The number of rotatable bonds is 6. The van der Waals surface area contributed by atoms with E-state index in [1.165, 1.54) is 26.9 Å². The summed E-state index contributed by atoms with van der Waals surface area (Å²) < 4.78 is 57.6. The number of fused-ring (bicyclic) bond motifs is 7. The SMILES string of the molecule is O=S(=O)(c1cccc(Cl)c1)n1ccc2c(N3CCCCC3)nc3ccccc3c21.O=S(=O)(c1cccc2cccnc12)n1ccc2c(N3CCCCC3)nc3ccccc3c21. The van der Waals surface area contributed by atoms with Crippen molar-refractivity contribution in [2.75, 3.05) is 36.0 Å². The smallest absolute Gasteiger partial charge is 0.270 e. The molecular weight excluding hydrogens is 826 g/mol. The summed E-state index contributed by atoms with van der Waals surface area (Å²) in [4.78, 5) is 19.2. The maximum Gasteiger partial charge on any atom is 0.270 e. The van der Waals surface area contributed by atoms with Crippen LogP contribution in [0.5, 0.6) is 0 Å². The molecule has 7 heterocycles. The molecule has 0 bridgehead atoms. The highest BCUT2D eigenvalue weighted by Gasteiger charge is 2.27. The van der Waals surface area contributed by atoms with Gasteiger partial charge in [0, 0.05) is 76.7 Å². The van der Waals surface area contributed by atoms with E-state index in [0.29, 0.717) is 21.6 Å². The van der Waals surface area contributed by atoms with Crippen molar-refractivity contribution in [3.63, 3.8) is 0 Å². The summed E-state index contributed by atoms with van der Waals surface area (Å²) in [5.74, 6) is 1.72. The van der Waals surface area contributed by atoms with E-state index >= 15 is 0 Å². The van der Waals surface area contributed by atoms with Gasteiger partial charge in [-0.15, -0.1) is 0 Å². The van der Waals surface area contributed by atoms with Gasteiger partial charge in [-0.05, 0) is 93.1 Å². The normalized spacial score (nSPS) is 15.2. The van der Waals surface area contributed by atoms with Gasteiger partial charge >= 0.3 is 0 Å². The molecule has 2 aliphatic heterocycles. The predicted octanol–water partition coefficient (Wildman–Crippen LogP) is 10.0. The molecule has 2 fully saturated rings. The molecule has 0 spiro atoms. The van der Waals surface area contributed by atoms with Gasteiger partial charge in [0.05, 0.1) is 32.5 Å². The molecule has 0 saturated carbocycles. The number of aromatic nitrogens is 5. The van der Waals surface area contributed by atoms with Gasteiger partial charge in [-0.2, -0.15) is 0 Å². The Morgan fingerprint density at radius 1 is 0.508 bits per heavy atom. The Labute approximate surface area is 358 Å². The van der Waals surface area contributed by atoms with E-state index in [4.69, 9.17) is 21.6 Å². The molecule has 0 N–H and O–H groups in total. The molecular formula is C47H42ClN7O4S2. The van der Waals surface area contributed by atoms with Crippen LogP contribution >= 0.6 is 11.6 Å². The van der Waals surface area contributed by atoms with Crippen LogP contribution in [-0.2, 0) is 20.0 Å². The van der Waals surface area contributed by atoms with E-state index in [0.717, 1.165) is 101 Å². The average Bonchev–Trinajstić information content (AvgIpc) is 3.97. The number of piperidine rings is 2. The van der Waals surface area contributed by atoms with Crippen LogP contribution in [0.2, 0.25) is 5.02 Å². The van der Waals surface area contributed by atoms with Crippen LogP contribution in [0.1, 0.15) is 38.5 Å². The van der Waals surface area contributed by atoms with Crippen LogP contribution in [-0.4, -0.2) is 65.9 Å².